The van der Waals surface area contributed by atoms with E-state index < -0.39 is 0 Å². The summed E-state index contributed by atoms with van der Waals surface area (Å²) in [6, 6.07) is 16.2. The Morgan fingerprint density at radius 1 is 0.931 bits per heavy atom. The molecule has 1 aliphatic carbocycles. The lowest BCUT2D eigenvalue weighted by Crippen LogP contribution is -2.29. The second-order valence-corrected chi connectivity index (χ2v) is 7.36. The van der Waals surface area contributed by atoms with Crippen molar-refractivity contribution in [1.29, 1.82) is 0 Å². The molecule has 148 valence electrons. The van der Waals surface area contributed by atoms with E-state index in [1.165, 1.54) is 12.7 Å². The summed E-state index contributed by atoms with van der Waals surface area (Å²) in [6.45, 7) is 2.07. The number of carbonyl (C=O) groups excluding carboxylic acids is 1. The summed E-state index contributed by atoms with van der Waals surface area (Å²) in [6.07, 6.45) is 10.2. The number of allylic oxidation sites excluding steroid dienone is 5. The first kappa shape index (κ1) is 19.1. The normalized spacial score (nSPS) is 22.7. The summed E-state index contributed by atoms with van der Waals surface area (Å²) in [4.78, 5) is 15.2. The van der Waals surface area contributed by atoms with E-state index in [-0.39, 0.29) is 23.8 Å². The second kappa shape index (κ2) is 8.00. The van der Waals surface area contributed by atoms with Crippen LogP contribution in [-0.4, -0.2) is 20.2 Å². The predicted molar refractivity (Wildman–Crippen MR) is 115 cm³/mol. The highest BCUT2D eigenvalue weighted by molar-refractivity contribution is 5.79. The van der Waals surface area contributed by atoms with Crippen molar-refractivity contribution in [2.75, 3.05) is 19.1 Å². The number of rotatable bonds is 4. The standard InChI is InChI=1S/C25H25NO3/c1-17-9-13-19(14-10-17)26-22-8-6-4-5-7-21(22)23(25(27)29-3)24(26)18-11-15-20(28-2)16-12-18/h4-16,21,23-24H,1-3H3/t21?,23-,24+/m1/s1. The maximum absolute atomic E-state index is 13.0. The van der Waals surface area contributed by atoms with Crippen molar-refractivity contribution in [1.82, 2.24) is 0 Å². The molecule has 0 saturated carbocycles. The monoisotopic (exact) mass is 387 g/mol. The highest BCUT2D eigenvalue weighted by Crippen LogP contribution is 2.51. The highest BCUT2D eigenvalue weighted by atomic mass is 16.5. The number of benzene rings is 2. The Kier molecular flexibility index (Phi) is 5.26. The Morgan fingerprint density at radius 3 is 2.31 bits per heavy atom. The van der Waals surface area contributed by atoms with Crippen LogP contribution in [0.4, 0.5) is 5.69 Å². The quantitative estimate of drug-likeness (QED) is 0.694. The molecular formula is C25H25NO3. The molecule has 1 heterocycles. The van der Waals surface area contributed by atoms with Crippen molar-refractivity contribution >= 4 is 11.7 Å². The summed E-state index contributed by atoms with van der Waals surface area (Å²) in [7, 11) is 3.12. The van der Waals surface area contributed by atoms with Crippen LogP contribution in [0.25, 0.3) is 0 Å². The van der Waals surface area contributed by atoms with Gasteiger partial charge >= 0.3 is 5.97 Å². The molecule has 1 aliphatic heterocycles. The van der Waals surface area contributed by atoms with Gasteiger partial charge in [-0.15, -0.1) is 0 Å². The average molecular weight is 387 g/mol. The van der Waals surface area contributed by atoms with Gasteiger partial charge in [0.25, 0.3) is 0 Å². The van der Waals surface area contributed by atoms with Crippen LogP contribution in [0.5, 0.6) is 5.75 Å². The SMILES string of the molecule is COC(=O)[C@@H]1C2C=CC=CC=C2N(c2ccc(C)cc2)[C@H]1c1ccc(OC)cc1. The van der Waals surface area contributed by atoms with Crippen LogP contribution < -0.4 is 9.64 Å². The smallest absolute Gasteiger partial charge is 0.312 e. The van der Waals surface area contributed by atoms with Crippen LogP contribution >= 0.6 is 0 Å². The van der Waals surface area contributed by atoms with Crippen molar-refractivity contribution in [2.45, 2.75) is 13.0 Å². The number of aryl methyl sites for hydroxylation is 1. The Hall–Kier alpha value is -3.27. The van der Waals surface area contributed by atoms with Gasteiger partial charge in [0.05, 0.1) is 26.2 Å². The fourth-order valence-corrected chi connectivity index (χ4v) is 4.26. The number of anilines is 1. The zero-order valence-corrected chi connectivity index (χ0v) is 16.9. The average Bonchev–Trinajstić information content (AvgIpc) is 2.89. The summed E-state index contributed by atoms with van der Waals surface area (Å²) >= 11 is 0. The summed E-state index contributed by atoms with van der Waals surface area (Å²) in [5.74, 6) is 0.172. The van der Waals surface area contributed by atoms with Crippen molar-refractivity contribution in [2.24, 2.45) is 11.8 Å². The van der Waals surface area contributed by atoms with Gasteiger partial charge in [0.1, 0.15) is 5.75 Å². The van der Waals surface area contributed by atoms with Crippen molar-refractivity contribution in [3.8, 4) is 5.75 Å². The molecule has 1 unspecified atom stereocenters. The predicted octanol–water partition coefficient (Wildman–Crippen LogP) is 4.98. The van der Waals surface area contributed by atoms with Gasteiger partial charge in [-0.05, 0) is 42.8 Å². The molecule has 2 aliphatic rings. The lowest BCUT2D eigenvalue weighted by Gasteiger charge is -2.30. The zero-order valence-electron chi connectivity index (χ0n) is 16.9. The number of hydrogen-bond donors (Lipinski definition) is 0. The highest BCUT2D eigenvalue weighted by Gasteiger charge is 2.49. The third-order valence-electron chi connectivity index (χ3n) is 5.68. The molecule has 0 bridgehead atoms. The maximum Gasteiger partial charge on any atom is 0.312 e. The first-order valence-corrected chi connectivity index (χ1v) is 9.77. The zero-order chi connectivity index (χ0) is 20.4. The molecule has 2 aromatic rings. The fourth-order valence-electron chi connectivity index (χ4n) is 4.26. The Bertz CT molecular complexity index is 970. The van der Waals surface area contributed by atoms with Crippen LogP contribution in [0.15, 0.2) is 84.6 Å². The summed E-state index contributed by atoms with van der Waals surface area (Å²) in [5.41, 5.74) is 4.40. The van der Waals surface area contributed by atoms with Gasteiger partial charge in [0.2, 0.25) is 0 Å². The number of fused-ring (bicyclic) bond motifs is 1. The van der Waals surface area contributed by atoms with Crippen LogP contribution in [0.3, 0.4) is 0 Å². The number of hydrogen-bond acceptors (Lipinski definition) is 4. The van der Waals surface area contributed by atoms with Gasteiger partial charge < -0.3 is 14.4 Å². The molecular weight excluding hydrogens is 362 g/mol. The minimum absolute atomic E-state index is 0.0640. The van der Waals surface area contributed by atoms with Crippen LogP contribution in [0, 0.1) is 18.8 Å². The molecule has 0 N–H and O–H groups in total. The van der Waals surface area contributed by atoms with Gasteiger partial charge in [0.15, 0.2) is 0 Å². The molecule has 4 rings (SSSR count). The molecule has 3 atom stereocenters. The van der Waals surface area contributed by atoms with Gasteiger partial charge in [0, 0.05) is 17.3 Å². The maximum atomic E-state index is 13.0. The molecule has 4 heteroatoms. The summed E-state index contributed by atoms with van der Waals surface area (Å²) < 4.78 is 10.6. The lowest BCUT2D eigenvalue weighted by molar-refractivity contribution is -0.146. The molecule has 4 nitrogen and oxygen atoms in total. The van der Waals surface area contributed by atoms with Gasteiger partial charge in [-0.1, -0.05) is 54.1 Å². The first-order valence-electron chi connectivity index (χ1n) is 9.77. The van der Waals surface area contributed by atoms with E-state index in [4.69, 9.17) is 9.47 Å². The van der Waals surface area contributed by atoms with Crippen LogP contribution in [0.2, 0.25) is 0 Å². The minimum Gasteiger partial charge on any atom is -0.497 e. The first-order chi connectivity index (χ1) is 14.1. The Labute approximate surface area is 171 Å². The van der Waals surface area contributed by atoms with Gasteiger partial charge in [-0.2, -0.15) is 0 Å². The molecule has 0 aromatic heterocycles. The molecule has 1 fully saturated rings. The number of methoxy groups -OCH3 is 2. The molecule has 2 aromatic carbocycles. The Balaban J connectivity index is 1.90. The lowest BCUT2D eigenvalue weighted by atomic mass is 9.85. The molecule has 0 radical (unpaired) electrons. The minimum atomic E-state index is -0.350. The topological polar surface area (TPSA) is 38.8 Å². The van der Waals surface area contributed by atoms with E-state index >= 15 is 0 Å². The van der Waals surface area contributed by atoms with Gasteiger partial charge in [-0.3, -0.25) is 4.79 Å². The second-order valence-electron chi connectivity index (χ2n) is 7.36. The molecule has 0 amide bonds. The Morgan fingerprint density at radius 2 is 1.66 bits per heavy atom. The third kappa shape index (κ3) is 3.46. The number of ether oxygens (including phenoxy) is 2. The van der Waals surface area contributed by atoms with E-state index in [2.05, 4.69) is 48.2 Å². The van der Waals surface area contributed by atoms with Gasteiger partial charge in [-0.25, -0.2) is 0 Å². The molecule has 1 saturated heterocycles. The van der Waals surface area contributed by atoms with E-state index in [1.807, 2.05) is 42.5 Å². The van der Waals surface area contributed by atoms with Crippen molar-refractivity contribution in [3.05, 3.63) is 95.7 Å². The van der Waals surface area contributed by atoms with E-state index in [0.29, 0.717) is 0 Å². The molecule has 0 spiro atoms. The van der Waals surface area contributed by atoms with Crippen LogP contribution in [-0.2, 0) is 9.53 Å². The summed E-state index contributed by atoms with van der Waals surface area (Å²) in [5, 5.41) is 0. The van der Waals surface area contributed by atoms with E-state index in [1.54, 1.807) is 7.11 Å². The number of carbonyl (C=O) groups is 1. The van der Waals surface area contributed by atoms with Crippen LogP contribution in [0.1, 0.15) is 17.2 Å². The molecule has 29 heavy (non-hydrogen) atoms. The van der Waals surface area contributed by atoms with E-state index in [0.717, 1.165) is 22.7 Å². The number of esters is 1. The number of nitrogens with zero attached hydrogens (tertiary/aromatic N) is 1. The largest absolute Gasteiger partial charge is 0.497 e. The van der Waals surface area contributed by atoms with Crippen molar-refractivity contribution in [3.63, 3.8) is 0 Å². The third-order valence-corrected chi connectivity index (χ3v) is 5.68. The van der Waals surface area contributed by atoms with E-state index in [9.17, 15) is 4.79 Å². The van der Waals surface area contributed by atoms with Crippen molar-refractivity contribution < 1.29 is 14.3 Å². The fraction of sp³-hybridized carbons (Fsp3) is 0.240.